The number of hydrogen-bond acceptors (Lipinski definition) is 6. The van der Waals surface area contributed by atoms with Gasteiger partial charge in [-0.15, -0.1) is 0 Å². The van der Waals surface area contributed by atoms with Crippen LogP contribution in [-0.2, 0) is 11.2 Å². The van der Waals surface area contributed by atoms with Gasteiger partial charge in [0.2, 0.25) is 11.8 Å². The molecule has 7 nitrogen and oxygen atoms in total. The first kappa shape index (κ1) is 17.6. The number of amides is 1. The van der Waals surface area contributed by atoms with Crippen LogP contribution in [0.25, 0.3) is 11.0 Å². The van der Waals surface area contributed by atoms with Crippen molar-refractivity contribution in [2.45, 2.75) is 25.2 Å². The number of para-hydroxylation sites is 1. The molecule has 4 aromatic rings. The number of benzene rings is 2. The van der Waals surface area contributed by atoms with E-state index in [2.05, 4.69) is 27.4 Å². The van der Waals surface area contributed by atoms with Gasteiger partial charge in [0.25, 0.3) is 0 Å². The number of aromatic nitrogens is 3. The molecule has 1 fully saturated rings. The Morgan fingerprint density at radius 1 is 1.00 bits per heavy atom. The molecule has 5 rings (SSSR count). The van der Waals surface area contributed by atoms with Gasteiger partial charge in [-0.3, -0.25) is 4.79 Å². The molecular formula is C22H20N4O3. The Hall–Kier alpha value is -3.48. The summed E-state index contributed by atoms with van der Waals surface area (Å²) < 4.78 is 10.8. The van der Waals surface area contributed by atoms with Crippen molar-refractivity contribution >= 4 is 16.9 Å². The van der Waals surface area contributed by atoms with Gasteiger partial charge in [-0.1, -0.05) is 52.8 Å². The van der Waals surface area contributed by atoms with Gasteiger partial charge in [0.05, 0.1) is 12.3 Å². The Kier molecular flexibility index (Phi) is 4.35. The predicted molar refractivity (Wildman–Crippen MR) is 105 cm³/mol. The Morgan fingerprint density at radius 2 is 1.76 bits per heavy atom. The van der Waals surface area contributed by atoms with E-state index in [0.717, 1.165) is 10.9 Å². The lowest BCUT2D eigenvalue weighted by Crippen LogP contribution is -2.30. The fourth-order valence-corrected chi connectivity index (χ4v) is 4.08. The molecule has 7 heteroatoms. The maximum absolute atomic E-state index is 13.1. The molecule has 1 saturated heterocycles. The zero-order chi connectivity index (χ0) is 19.8. The van der Waals surface area contributed by atoms with Crippen molar-refractivity contribution in [1.29, 1.82) is 0 Å². The molecule has 0 spiro atoms. The summed E-state index contributed by atoms with van der Waals surface area (Å²) in [4.78, 5) is 19.4. The lowest BCUT2D eigenvalue weighted by molar-refractivity contribution is -0.129. The highest BCUT2D eigenvalue weighted by atomic mass is 16.5. The van der Waals surface area contributed by atoms with E-state index < -0.39 is 0 Å². The van der Waals surface area contributed by atoms with Crippen molar-refractivity contribution in [1.82, 2.24) is 20.2 Å². The van der Waals surface area contributed by atoms with E-state index in [-0.39, 0.29) is 24.2 Å². The van der Waals surface area contributed by atoms with Gasteiger partial charge in [0.1, 0.15) is 5.69 Å². The Morgan fingerprint density at radius 3 is 2.55 bits per heavy atom. The first-order chi connectivity index (χ1) is 14.2. The van der Waals surface area contributed by atoms with Crippen molar-refractivity contribution in [2.24, 2.45) is 0 Å². The molecule has 0 bridgehead atoms. The molecule has 0 radical (unpaired) electrons. The second-order valence-electron chi connectivity index (χ2n) is 7.40. The summed E-state index contributed by atoms with van der Waals surface area (Å²) in [6, 6.07) is 17.8. The Labute approximate surface area is 167 Å². The molecule has 1 aliphatic rings. The minimum atomic E-state index is -0.0309. The summed E-state index contributed by atoms with van der Waals surface area (Å²) in [5.74, 6) is 1.28. The highest BCUT2D eigenvalue weighted by Crippen LogP contribution is 2.39. The maximum atomic E-state index is 13.1. The van der Waals surface area contributed by atoms with Crippen molar-refractivity contribution in [2.75, 3.05) is 13.1 Å². The third-order valence-corrected chi connectivity index (χ3v) is 5.53. The first-order valence-corrected chi connectivity index (χ1v) is 9.65. The minimum absolute atomic E-state index is 0.0173. The lowest BCUT2D eigenvalue weighted by atomic mass is 9.89. The highest BCUT2D eigenvalue weighted by molar-refractivity contribution is 5.86. The highest BCUT2D eigenvalue weighted by Gasteiger charge is 2.40. The van der Waals surface area contributed by atoms with Crippen LogP contribution in [0.3, 0.4) is 0 Å². The van der Waals surface area contributed by atoms with Gasteiger partial charge in [0.15, 0.2) is 11.4 Å². The van der Waals surface area contributed by atoms with Crippen molar-refractivity contribution in [3.8, 4) is 0 Å². The smallest absolute Gasteiger partial charge is 0.232 e. The normalized spacial score (nSPS) is 19.1. The van der Waals surface area contributed by atoms with Crippen LogP contribution in [0, 0.1) is 6.92 Å². The summed E-state index contributed by atoms with van der Waals surface area (Å²) in [5, 5.41) is 8.92. The third kappa shape index (κ3) is 3.29. The van der Waals surface area contributed by atoms with Crippen LogP contribution in [0.1, 0.15) is 34.8 Å². The molecule has 0 unspecified atom stereocenters. The number of carbonyl (C=O) groups excluding carboxylic acids is 1. The van der Waals surface area contributed by atoms with Gasteiger partial charge >= 0.3 is 0 Å². The van der Waals surface area contributed by atoms with Gasteiger partial charge in [-0.05, 0) is 24.6 Å². The summed E-state index contributed by atoms with van der Waals surface area (Å²) >= 11 is 0. The number of fused-ring (bicyclic) bond motifs is 1. The SMILES string of the molecule is Cc1noc([C@H]2CN(C(=O)Cc3noc4ccccc34)C[C@@H]2c2ccccc2)n1. The van der Waals surface area contributed by atoms with Crippen molar-refractivity contribution in [3.63, 3.8) is 0 Å². The van der Waals surface area contributed by atoms with Crippen LogP contribution >= 0.6 is 0 Å². The molecule has 2 atom stereocenters. The summed E-state index contributed by atoms with van der Waals surface area (Å²) in [6.45, 7) is 2.94. The first-order valence-electron chi connectivity index (χ1n) is 9.65. The van der Waals surface area contributed by atoms with Crippen molar-refractivity contribution < 1.29 is 13.8 Å². The van der Waals surface area contributed by atoms with Crippen LogP contribution in [-0.4, -0.2) is 39.2 Å². The van der Waals surface area contributed by atoms with E-state index >= 15 is 0 Å². The minimum Gasteiger partial charge on any atom is -0.356 e. The molecule has 146 valence electrons. The predicted octanol–water partition coefficient (Wildman–Crippen LogP) is 3.47. The van der Waals surface area contributed by atoms with E-state index in [1.807, 2.05) is 47.4 Å². The van der Waals surface area contributed by atoms with E-state index in [1.54, 1.807) is 6.92 Å². The fourth-order valence-electron chi connectivity index (χ4n) is 4.08. The molecule has 0 N–H and O–H groups in total. The average molecular weight is 388 g/mol. The maximum Gasteiger partial charge on any atom is 0.232 e. The zero-order valence-electron chi connectivity index (χ0n) is 16.0. The molecule has 0 saturated carbocycles. The number of nitrogens with zero attached hydrogens (tertiary/aromatic N) is 4. The van der Waals surface area contributed by atoms with Crippen LogP contribution in [0.5, 0.6) is 0 Å². The largest absolute Gasteiger partial charge is 0.356 e. The number of aryl methyl sites for hydroxylation is 1. The summed E-state index contributed by atoms with van der Waals surface area (Å²) in [7, 11) is 0. The van der Waals surface area contributed by atoms with E-state index in [0.29, 0.717) is 36.1 Å². The van der Waals surface area contributed by atoms with Crippen LogP contribution in [0.2, 0.25) is 0 Å². The number of carbonyl (C=O) groups is 1. The Bertz CT molecular complexity index is 1150. The van der Waals surface area contributed by atoms with Crippen molar-refractivity contribution in [3.05, 3.63) is 77.6 Å². The summed E-state index contributed by atoms with van der Waals surface area (Å²) in [5.41, 5.74) is 2.52. The molecular weight excluding hydrogens is 368 g/mol. The Balaban J connectivity index is 1.41. The van der Waals surface area contributed by atoms with E-state index in [9.17, 15) is 4.79 Å². The van der Waals surface area contributed by atoms with Gasteiger partial charge in [-0.25, -0.2) is 0 Å². The van der Waals surface area contributed by atoms with Crippen LogP contribution in [0.15, 0.2) is 63.6 Å². The van der Waals surface area contributed by atoms with Gasteiger partial charge in [-0.2, -0.15) is 4.98 Å². The van der Waals surface area contributed by atoms with Gasteiger partial charge < -0.3 is 13.9 Å². The monoisotopic (exact) mass is 388 g/mol. The second kappa shape index (κ2) is 7.16. The number of likely N-dealkylation sites (tertiary alicyclic amines) is 1. The van der Waals surface area contributed by atoms with E-state index in [4.69, 9.17) is 9.05 Å². The molecule has 2 aromatic carbocycles. The van der Waals surface area contributed by atoms with E-state index in [1.165, 1.54) is 0 Å². The topological polar surface area (TPSA) is 85.3 Å². The average Bonchev–Trinajstić information content (AvgIpc) is 3.47. The second-order valence-corrected chi connectivity index (χ2v) is 7.40. The molecule has 1 amide bonds. The lowest BCUT2D eigenvalue weighted by Gasteiger charge is -2.16. The number of hydrogen-bond donors (Lipinski definition) is 0. The van der Waals surface area contributed by atoms with Gasteiger partial charge in [0, 0.05) is 24.4 Å². The zero-order valence-corrected chi connectivity index (χ0v) is 16.0. The molecule has 2 aromatic heterocycles. The standard InChI is InChI=1S/C22H20N4O3/c1-14-23-22(29-24-14)18-13-26(12-17(18)15-7-3-2-4-8-15)21(27)11-19-16-9-5-6-10-20(16)28-25-19/h2-10,17-18H,11-13H2,1H3/t17-,18+/m1/s1. The fraction of sp³-hybridized carbons (Fsp3) is 0.273. The molecule has 3 heterocycles. The molecule has 0 aliphatic carbocycles. The number of rotatable bonds is 4. The van der Waals surface area contributed by atoms with Crippen LogP contribution in [0.4, 0.5) is 0 Å². The summed E-state index contributed by atoms with van der Waals surface area (Å²) in [6.07, 6.45) is 0.202. The third-order valence-electron chi connectivity index (χ3n) is 5.53. The molecule has 1 aliphatic heterocycles. The van der Waals surface area contributed by atoms with Crippen LogP contribution < -0.4 is 0 Å². The quantitative estimate of drug-likeness (QED) is 0.532. The molecule has 29 heavy (non-hydrogen) atoms.